The lowest BCUT2D eigenvalue weighted by molar-refractivity contribution is -0.146. The Morgan fingerprint density at radius 2 is 2.00 bits per heavy atom. The van der Waals surface area contributed by atoms with Gasteiger partial charge in [0.1, 0.15) is 6.54 Å². The van der Waals surface area contributed by atoms with Gasteiger partial charge in [-0.25, -0.2) is 5.48 Å². The molecule has 1 amide bonds. The van der Waals surface area contributed by atoms with E-state index in [4.69, 9.17) is 4.84 Å². The van der Waals surface area contributed by atoms with Crippen LogP contribution in [0.3, 0.4) is 0 Å². The first-order valence-electron chi connectivity index (χ1n) is 6.38. The molecule has 0 spiro atoms. The summed E-state index contributed by atoms with van der Waals surface area (Å²) in [6, 6.07) is 10.1. The molecular weight excluding hydrogens is 240 g/mol. The number of carbonyl (C=O) groups excluding carboxylic acids is 1. The van der Waals surface area contributed by atoms with Crippen LogP contribution in [-0.2, 0) is 16.2 Å². The van der Waals surface area contributed by atoms with Crippen molar-refractivity contribution in [3.8, 4) is 0 Å². The Balaban J connectivity index is 2.13. The topological polar surface area (TPSA) is 43.3 Å². The lowest BCUT2D eigenvalue weighted by atomic mass is 10.2. The SMILES string of the molecule is Cc1cc2ccccc2n1CC(=O)NOC(C)(C)C. The van der Waals surface area contributed by atoms with Gasteiger partial charge in [-0.3, -0.25) is 9.63 Å². The van der Waals surface area contributed by atoms with E-state index in [9.17, 15) is 4.79 Å². The maximum atomic E-state index is 11.9. The molecule has 102 valence electrons. The van der Waals surface area contributed by atoms with Crippen LogP contribution in [0.2, 0.25) is 0 Å². The van der Waals surface area contributed by atoms with Crippen LogP contribution in [0, 0.1) is 6.92 Å². The minimum atomic E-state index is -0.385. The number of rotatable bonds is 3. The van der Waals surface area contributed by atoms with E-state index in [0.717, 1.165) is 16.6 Å². The molecule has 0 fully saturated rings. The zero-order valence-electron chi connectivity index (χ0n) is 11.9. The Labute approximate surface area is 113 Å². The minimum Gasteiger partial charge on any atom is -0.335 e. The Bertz CT molecular complexity index is 594. The van der Waals surface area contributed by atoms with E-state index in [1.165, 1.54) is 0 Å². The Morgan fingerprint density at radius 1 is 1.32 bits per heavy atom. The standard InChI is InChI=1S/C15H20N2O2/c1-11-9-12-7-5-6-8-13(12)17(11)10-14(18)16-19-15(2,3)4/h5-9H,10H2,1-4H3,(H,16,18). The van der Waals surface area contributed by atoms with E-state index in [0.29, 0.717) is 0 Å². The molecule has 0 atom stereocenters. The fraction of sp³-hybridized carbons (Fsp3) is 0.400. The van der Waals surface area contributed by atoms with E-state index >= 15 is 0 Å². The number of fused-ring (bicyclic) bond motifs is 1. The average Bonchev–Trinajstić information content (AvgIpc) is 2.63. The summed E-state index contributed by atoms with van der Waals surface area (Å²) in [4.78, 5) is 17.2. The molecule has 0 aliphatic carbocycles. The van der Waals surface area contributed by atoms with Crippen LogP contribution in [0.1, 0.15) is 26.5 Å². The van der Waals surface area contributed by atoms with Crippen LogP contribution in [0.4, 0.5) is 0 Å². The minimum absolute atomic E-state index is 0.153. The molecule has 1 N–H and O–H groups in total. The first-order valence-corrected chi connectivity index (χ1v) is 6.38. The molecule has 0 aliphatic heterocycles. The number of amides is 1. The van der Waals surface area contributed by atoms with Crippen molar-refractivity contribution in [2.45, 2.75) is 39.8 Å². The molecular formula is C15H20N2O2. The first kappa shape index (κ1) is 13.6. The van der Waals surface area contributed by atoms with Crippen LogP contribution < -0.4 is 5.48 Å². The molecule has 4 nitrogen and oxygen atoms in total. The van der Waals surface area contributed by atoms with Crippen molar-refractivity contribution < 1.29 is 9.63 Å². The Hall–Kier alpha value is -1.81. The van der Waals surface area contributed by atoms with Gasteiger partial charge in [0.2, 0.25) is 0 Å². The smallest absolute Gasteiger partial charge is 0.263 e. The quantitative estimate of drug-likeness (QED) is 0.862. The number of aryl methyl sites for hydroxylation is 1. The molecule has 2 rings (SSSR count). The molecule has 0 bridgehead atoms. The van der Waals surface area contributed by atoms with Gasteiger partial charge < -0.3 is 4.57 Å². The number of nitrogens with one attached hydrogen (secondary N) is 1. The Morgan fingerprint density at radius 3 is 2.68 bits per heavy atom. The van der Waals surface area contributed by atoms with Crippen molar-refractivity contribution in [1.29, 1.82) is 0 Å². The van der Waals surface area contributed by atoms with Gasteiger partial charge in [-0.15, -0.1) is 0 Å². The molecule has 2 aromatic rings. The summed E-state index contributed by atoms with van der Waals surface area (Å²) in [7, 11) is 0. The van der Waals surface area contributed by atoms with Crippen LogP contribution in [-0.4, -0.2) is 16.1 Å². The van der Waals surface area contributed by atoms with E-state index in [1.807, 2.05) is 56.5 Å². The van der Waals surface area contributed by atoms with Crippen molar-refractivity contribution >= 4 is 16.8 Å². The predicted octanol–water partition coefficient (Wildman–Crippen LogP) is 2.80. The number of nitrogens with zero attached hydrogens (tertiary/aromatic N) is 1. The maximum absolute atomic E-state index is 11.9. The summed E-state index contributed by atoms with van der Waals surface area (Å²) in [5, 5.41) is 1.14. The van der Waals surface area contributed by atoms with Crippen molar-refractivity contribution in [1.82, 2.24) is 10.0 Å². The summed E-state index contributed by atoms with van der Waals surface area (Å²) in [5.74, 6) is -0.153. The molecule has 4 heteroatoms. The van der Waals surface area contributed by atoms with Crippen molar-refractivity contribution in [2.75, 3.05) is 0 Å². The van der Waals surface area contributed by atoms with Crippen LogP contribution in [0.25, 0.3) is 10.9 Å². The first-order chi connectivity index (χ1) is 8.87. The van der Waals surface area contributed by atoms with Gasteiger partial charge in [-0.1, -0.05) is 18.2 Å². The second kappa shape index (κ2) is 5.05. The molecule has 0 unspecified atom stereocenters. The molecule has 0 aliphatic rings. The van der Waals surface area contributed by atoms with Crippen LogP contribution >= 0.6 is 0 Å². The summed E-state index contributed by atoms with van der Waals surface area (Å²) < 4.78 is 1.98. The highest BCUT2D eigenvalue weighted by Gasteiger charge is 2.14. The highest BCUT2D eigenvalue weighted by atomic mass is 16.7. The zero-order chi connectivity index (χ0) is 14.0. The van der Waals surface area contributed by atoms with Gasteiger partial charge >= 0.3 is 0 Å². The fourth-order valence-electron chi connectivity index (χ4n) is 1.94. The molecule has 1 aromatic heterocycles. The van der Waals surface area contributed by atoms with E-state index < -0.39 is 0 Å². The maximum Gasteiger partial charge on any atom is 0.263 e. The molecule has 0 radical (unpaired) electrons. The number of hydrogen-bond donors (Lipinski definition) is 1. The molecule has 1 aromatic carbocycles. The number of benzene rings is 1. The zero-order valence-corrected chi connectivity index (χ0v) is 11.9. The summed E-state index contributed by atoms with van der Waals surface area (Å²) in [6.07, 6.45) is 0. The van der Waals surface area contributed by atoms with Gasteiger partial charge in [0.25, 0.3) is 5.91 Å². The van der Waals surface area contributed by atoms with Crippen molar-refractivity contribution in [3.63, 3.8) is 0 Å². The van der Waals surface area contributed by atoms with E-state index in [1.54, 1.807) is 0 Å². The van der Waals surface area contributed by atoms with E-state index in [2.05, 4.69) is 11.5 Å². The number of para-hydroxylation sites is 1. The highest BCUT2D eigenvalue weighted by molar-refractivity contribution is 5.84. The van der Waals surface area contributed by atoms with Crippen LogP contribution in [0.15, 0.2) is 30.3 Å². The lowest BCUT2D eigenvalue weighted by Gasteiger charge is -2.19. The second-order valence-electron chi connectivity index (χ2n) is 5.67. The third-order valence-corrected chi connectivity index (χ3v) is 2.79. The molecule has 0 saturated carbocycles. The number of hydrogen-bond acceptors (Lipinski definition) is 2. The predicted molar refractivity (Wildman–Crippen MR) is 75.7 cm³/mol. The monoisotopic (exact) mass is 260 g/mol. The average molecular weight is 260 g/mol. The number of carbonyl (C=O) groups is 1. The van der Waals surface area contributed by atoms with Crippen LogP contribution in [0.5, 0.6) is 0 Å². The van der Waals surface area contributed by atoms with E-state index in [-0.39, 0.29) is 18.1 Å². The largest absolute Gasteiger partial charge is 0.335 e. The van der Waals surface area contributed by atoms with Gasteiger partial charge in [0.05, 0.1) is 5.60 Å². The molecule has 0 saturated heterocycles. The van der Waals surface area contributed by atoms with Crippen molar-refractivity contribution in [3.05, 3.63) is 36.0 Å². The van der Waals surface area contributed by atoms with Crippen molar-refractivity contribution in [2.24, 2.45) is 0 Å². The fourth-order valence-corrected chi connectivity index (χ4v) is 1.94. The summed E-state index contributed by atoms with van der Waals surface area (Å²) >= 11 is 0. The lowest BCUT2D eigenvalue weighted by Crippen LogP contribution is -2.35. The highest BCUT2D eigenvalue weighted by Crippen LogP contribution is 2.18. The summed E-state index contributed by atoms with van der Waals surface area (Å²) in [6.45, 7) is 7.93. The normalized spacial score (nSPS) is 11.8. The van der Waals surface area contributed by atoms with Gasteiger partial charge in [-0.05, 0) is 45.2 Å². The Kier molecular flexibility index (Phi) is 3.62. The third-order valence-electron chi connectivity index (χ3n) is 2.79. The van der Waals surface area contributed by atoms with Gasteiger partial charge in [0, 0.05) is 11.2 Å². The van der Waals surface area contributed by atoms with Gasteiger partial charge in [0.15, 0.2) is 0 Å². The molecule has 19 heavy (non-hydrogen) atoms. The van der Waals surface area contributed by atoms with Gasteiger partial charge in [-0.2, -0.15) is 0 Å². The third kappa shape index (κ3) is 3.35. The summed E-state index contributed by atoms with van der Waals surface area (Å²) in [5.41, 5.74) is 4.23. The number of hydroxylamine groups is 1. The number of aromatic nitrogens is 1. The molecule has 1 heterocycles. The second-order valence-corrected chi connectivity index (χ2v) is 5.67.